The zero-order valence-corrected chi connectivity index (χ0v) is 19.3. The SMILES string of the molecule is CNc1nc(-c2ccc(C#N)c(F)c2)cc(N2CC(C(=O)NCc3ccccc3)CCC2C)n1. The number of carbonyl (C=O) groups excluding carboxylic acids is 1. The molecule has 2 heterocycles. The van der Waals surface area contributed by atoms with E-state index in [0.717, 1.165) is 18.4 Å². The topological polar surface area (TPSA) is 93.9 Å². The molecular weight excluding hydrogens is 431 g/mol. The summed E-state index contributed by atoms with van der Waals surface area (Å²) in [6.45, 7) is 3.14. The first kappa shape index (κ1) is 23.2. The van der Waals surface area contributed by atoms with Crippen molar-refractivity contribution < 1.29 is 9.18 Å². The largest absolute Gasteiger partial charge is 0.357 e. The Morgan fingerprint density at radius 2 is 1.97 bits per heavy atom. The van der Waals surface area contributed by atoms with E-state index < -0.39 is 5.82 Å². The highest BCUT2D eigenvalue weighted by Crippen LogP contribution is 2.30. The van der Waals surface area contributed by atoms with E-state index in [2.05, 4.69) is 32.4 Å². The summed E-state index contributed by atoms with van der Waals surface area (Å²) in [4.78, 5) is 24.1. The van der Waals surface area contributed by atoms with Gasteiger partial charge in [0, 0.05) is 37.8 Å². The minimum absolute atomic E-state index is 0.0131. The van der Waals surface area contributed by atoms with E-state index in [1.165, 1.54) is 12.1 Å². The number of nitriles is 1. The number of benzene rings is 2. The summed E-state index contributed by atoms with van der Waals surface area (Å²) in [7, 11) is 1.72. The molecule has 4 rings (SSSR count). The average molecular weight is 459 g/mol. The predicted octanol–water partition coefficient (Wildman–Crippen LogP) is 4.12. The second-order valence-electron chi connectivity index (χ2n) is 8.47. The summed E-state index contributed by atoms with van der Waals surface area (Å²) in [6.07, 6.45) is 1.65. The van der Waals surface area contributed by atoms with Crippen LogP contribution in [-0.2, 0) is 11.3 Å². The maximum absolute atomic E-state index is 14.2. The lowest BCUT2D eigenvalue weighted by atomic mass is 9.92. The minimum Gasteiger partial charge on any atom is -0.357 e. The van der Waals surface area contributed by atoms with Crippen LogP contribution in [0.25, 0.3) is 11.3 Å². The Kier molecular flexibility index (Phi) is 7.02. The number of nitrogens with zero attached hydrogens (tertiary/aromatic N) is 4. The van der Waals surface area contributed by atoms with Crippen LogP contribution >= 0.6 is 0 Å². The van der Waals surface area contributed by atoms with Crippen molar-refractivity contribution in [1.82, 2.24) is 15.3 Å². The van der Waals surface area contributed by atoms with E-state index in [0.29, 0.717) is 36.1 Å². The molecular formula is C26H27FN6O. The van der Waals surface area contributed by atoms with Gasteiger partial charge in [-0.1, -0.05) is 36.4 Å². The molecule has 0 saturated carbocycles. The molecule has 8 heteroatoms. The van der Waals surface area contributed by atoms with Gasteiger partial charge in [-0.05, 0) is 37.5 Å². The van der Waals surface area contributed by atoms with Crippen molar-refractivity contribution in [2.75, 3.05) is 23.8 Å². The molecule has 174 valence electrons. The lowest BCUT2D eigenvalue weighted by molar-refractivity contribution is -0.125. The van der Waals surface area contributed by atoms with Gasteiger partial charge in [-0.3, -0.25) is 4.79 Å². The second-order valence-corrected chi connectivity index (χ2v) is 8.47. The van der Waals surface area contributed by atoms with Crippen LogP contribution in [0.1, 0.15) is 30.9 Å². The Morgan fingerprint density at radius 3 is 2.68 bits per heavy atom. The molecule has 1 saturated heterocycles. The molecule has 3 aromatic rings. The molecule has 0 aliphatic carbocycles. The Labute approximate surface area is 198 Å². The summed E-state index contributed by atoms with van der Waals surface area (Å²) in [5.41, 5.74) is 2.14. The number of amides is 1. The number of rotatable bonds is 6. The molecule has 1 aliphatic rings. The van der Waals surface area contributed by atoms with Gasteiger partial charge in [-0.2, -0.15) is 10.2 Å². The van der Waals surface area contributed by atoms with Crippen LogP contribution in [0.4, 0.5) is 16.2 Å². The quantitative estimate of drug-likeness (QED) is 0.577. The molecule has 1 aliphatic heterocycles. The maximum Gasteiger partial charge on any atom is 0.225 e. The van der Waals surface area contributed by atoms with Crippen molar-refractivity contribution in [3.05, 3.63) is 71.5 Å². The highest BCUT2D eigenvalue weighted by Gasteiger charge is 2.31. The van der Waals surface area contributed by atoms with Crippen LogP contribution in [0.2, 0.25) is 0 Å². The molecule has 1 aromatic heterocycles. The lowest BCUT2D eigenvalue weighted by Gasteiger charge is -2.38. The second kappa shape index (κ2) is 10.3. The first-order valence-corrected chi connectivity index (χ1v) is 11.3. The Bertz CT molecular complexity index is 1210. The van der Waals surface area contributed by atoms with Gasteiger partial charge >= 0.3 is 0 Å². The van der Waals surface area contributed by atoms with Gasteiger partial charge in [0.25, 0.3) is 0 Å². The number of hydrogen-bond donors (Lipinski definition) is 2. The predicted molar refractivity (Wildman–Crippen MR) is 130 cm³/mol. The number of hydrogen-bond acceptors (Lipinski definition) is 6. The van der Waals surface area contributed by atoms with Crippen LogP contribution in [0.5, 0.6) is 0 Å². The monoisotopic (exact) mass is 458 g/mol. The van der Waals surface area contributed by atoms with Gasteiger partial charge in [0.15, 0.2) is 0 Å². The molecule has 1 fully saturated rings. The molecule has 0 bridgehead atoms. The first-order valence-electron chi connectivity index (χ1n) is 11.3. The van der Waals surface area contributed by atoms with Crippen LogP contribution in [0.15, 0.2) is 54.6 Å². The van der Waals surface area contributed by atoms with Gasteiger partial charge in [-0.25, -0.2) is 9.37 Å². The Hall–Kier alpha value is -3.99. The van der Waals surface area contributed by atoms with Gasteiger partial charge in [-0.15, -0.1) is 0 Å². The Balaban J connectivity index is 1.56. The number of nitrogens with one attached hydrogen (secondary N) is 2. The molecule has 2 aromatic carbocycles. The first-order chi connectivity index (χ1) is 16.5. The standard InChI is InChI=1S/C26H27FN6O/c1-17-8-9-21(25(34)30-15-18-6-4-3-5-7-18)16-33(17)24-13-23(31-26(29-2)32-24)19-10-11-20(14-28)22(27)12-19/h3-7,10-13,17,21H,8-9,15-16H2,1-2H3,(H,30,34)(H,29,31,32). The van der Waals surface area contributed by atoms with Crippen LogP contribution < -0.4 is 15.5 Å². The number of aromatic nitrogens is 2. The van der Waals surface area contributed by atoms with Crippen LogP contribution in [-0.4, -0.2) is 35.5 Å². The van der Waals surface area contributed by atoms with Crippen molar-refractivity contribution in [2.24, 2.45) is 5.92 Å². The highest BCUT2D eigenvalue weighted by molar-refractivity contribution is 5.79. The minimum atomic E-state index is -0.590. The fourth-order valence-corrected chi connectivity index (χ4v) is 4.18. The normalized spacial score (nSPS) is 17.6. The fourth-order valence-electron chi connectivity index (χ4n) is 4.18. The summed E-state index contributed by atoms with van der Waals surface area (Å²) in [6, 6.07) is 18.1. The average Bonchev–Trinajstić information content (AvgIpc) is 2.87. The van der Waals surface area contributed by atoms with Crippen molar-refractivity contribution >= 4 is 17.7 Å². The summed E-state index contributed by atoms with van der Waals surface area (Å²) >= 11 is 0. The van der Waals surface area contributed by atoms with E-state index in [4.69, 9.17) is 5.26 Å². The number of anilines is 2. The molecule has 34 heavy (non-hydrogen) atoms. The van der Waals surface area contributed by atoms with E-state index in [1.807, 2.05) is 42.5 Å². The van der Waals surface area contributed by atoms with Crippen molar-refractivity contribution in [1.29, 1.82) is 5.26 Å². The van der Waals surface area contributed by atoms with Gasteiger partial charge in [0.2, 0.25) is 11.9 Å². The molecule has 2 atom stereocenters. The van der Waals surface area contributed by atoms with Gasteiger partial charge in [0.1, 0.15) is 17.7 Å². The third kappa shape index (κ3) is 5.15. The molecule has 2 N–H and O–H groups in total. The zero-order valence-electron chi connectivity index (χ0n) is 19.3. The maximum atomic E-state index is 14.2. The van der Waals surface area contributed by atoms with Crippen LogP contribution in [0, 0.1) is 23.1 Å². The number of halogens is 1. The molecule has 0 radical (unpaired) electrons. The van der Waals surface area contributed by atoms with E-state index in [9.17, 15) is 9.18 Å². The molecule has 7 nitrogen and oxygen atoms in total. The fraction of sp³-hybridized carbons (Fsp3) is 0.308. The third-order valence-electron chi connectivity index (χ3n) is 6.18. The Morgan fingerprint density at radius 1 is 1.18 bits per heavy atom. The molecule has 0 spiro atoms. The zero-order chi connectivity index (χ0) is 24.1. The highest BCUT2D eigenvalue weighted by atomic mass is 19.1. The van der Waals surface area contributed by atoms with Crippen molar-refractivity contribution in [3.8, 4) is 17.3 Å². The van der Waals surface area contributed by atoms with Gasteiger partial charge in [0.05, 0.1) is 17.2 Å². The van der Waals surface area contributed by atoms with Crippen molar-refractivity contribution in [3.63, 3.8) is 0 Å². The van der Waals surface area contributed by atoms with E-state index >= 15 is 0 Å². The van der Waals surface area contributed by atoms with E-state index in [-0.39, 0.29) is 23.4 Å². The summed E-state index contributed by atoms with van der Waals surface area (Å²) in [5.74, 6) is 0.349. The number of piperidine rings is 1. The number of carbonyl (C=O) groups is 1. The van der Waals surface area contributed by atoms with E-state index in [1.54, 1.807) is 13.1 Å². The lowest BCUT2D eigenvalue weighted by Crippen LogP contribution is -2.47. The van der Waals surface area contributed by atoms with Crippen LogP contribution in [0.3, 0.4) is 0 Å². The molecule has 2 unspecified atom stereocenters. The van der Waals surface area contributed by atoms with Gasteiger partial charge < -0.3 is 15.5 Å². The summed E-state index contributed by atoms with van der Waals surface area (Å²) < 4.78 is 14.2. The summed E-state index contributed by atoms with van der Waals surface area (Å²) in [5, 5.41) is 15.0. The van der Waals surface area contributed by atoms with Crippen molar-refractivity contribution in [2.45, 2.75) is 32.4 Å². The smallest absolute Gasteiger partial charge is 0.225 e. The third-order valence-corrected chi connectivity index (χ3v) is 6.18. The molecule has 1 amide bonds.